The van der Waals surface area contributed by atoms with E-state index in [0.717, 1.165) is 24.1 Å². The van der Waals surface area contributed by atoms with Gasteiger partial charge in [0.2, 0.25) is 5.95 Å². The van der Waals surface area contributed by atoms with Crippen LogP contribution in [0, 0.1) is 12.3 Å². The standard InChI is InChI=1S/C24H26F2N8O2/c1-14-8-16-10-27-23(32-19(16)20(30-14)28-11-24(2)6-7-35-12-24)31-17-5-4-15(9-18(17)36-22(25)26)21-33-29-13-34(21)3/h4-5,8-10,13,22H,6-7,11-12H2,1-3H3,(H,28,30)(H,27,31,32). The molecule has 5 rings (SSSR count). The molecule has 10 nitrogen and oxygen atoms in total. The Hall–Kier alpha value is -3.93. The van der Waals surface area contributed by atoms with Gasteiger partial charge in [-0.1, -0.05) is 6.92 Å². The Morgan fingerprint density at radius 3 is 2.83 bits per heavy atom. The molecule has 1 aliphatic heterocycles. The molecule has 3 aromatic heterocycles. The SMILES string of the molecule is Cc1cc2cnc(Nc3ccc(-c4nncn4C)cc3OC(F)F)nc2c(NCC2(C)CCOC2)n1. The van der Waals surface area contributed by atoms with Crippen molar-refractivity contribution in [3.05, 3.63) is 42.5 Å². The highest BCUT2D eigenvalue weighted by molar-refractivity contribution is 5.89. The first kappa shape index (κ1) is 23.8. The Labute approximate surface area is 206 Å². The zero-order chi connectivity index (χ0) is 25.3. The molecule has 36 heavy (non-hydrogen) atoms. The fourth-order valence-corrected chi connectivity index (χ4v) is 4.13. The van der Waals surface area contributed by atoms with E-state index < -0.39 is 6.61 Å². The molecule has 188 valence electrons. The number of nitrogens with zero attached hydrogens (tertiary/aromatic N) is 6. The van der Waals surface area contributed by atoms with Crippen LogP contribution in [0.15, 0.2) is 36.8 Å². The summed E-state index contributed by atoms with van der Waals surface area (Å²) in [6, 6.07) is 6.71. The number of nitrogens with one attached hydrogen (secondary N) is 2. The van der Waals surface area contributed by atoms with Crippen LogP contribution in [0.3, 0.4) is 0 Å². The van der Waals surface area contributed by atoms with E-state index in [-0.39, 0.29) is 22.8 Å². The molecule has 1 fully saturated rings. The Bertz CT molecular complexity index is 1390. The Morgan fingerprint density at radius 1 is 1.25 bits per heavy atom. The van der Waals surface area contributed by atoms with Gasteiger partial charge in [-0.15, -0.1) is 10.2 Å². The van der Waals surface area contributed by atoms with Gasteiger partial charge in [-0.2, -0.15) is 8.78 Å². The summed E-state index contributed by atoms with van der Waals surface area (Å²) in [7, 11) is 1.76. The molecular weight excluding hydrogens is 470 g/mol. The fraction of sp³-hybridized carbons (Fsp3) is 0.375. The zero-order valence-electron chi connectivity index (χ0n) is 20.1. The van der Waals surface area contributed by atoms with Crippen molar-refractivity contribution in [3.8, 4) is 17.1 Å². The van der Waals surface area contributed by atoms with Crippen LogP contribution in [0.4, 0.5) is 26.2 Å². The van der Waals surface area contributed by atoms with Crippen LogP contribution in [0.25, 0.3) is 22.3 Å². The number of alkyl halides is 2. The first-order chi connectivity index (χ1) is 17.3. The van der Waals surface area contributed by atoms with Gasteiger partial charge in [-0.05, 0) is 37.6 Å². The predicted molar refractivity (Wildman–Crippen MR) is 130 cm³/mol. The normalized spacial score (nSPS) is 17.6. The highest BCUT2D eigenvalue weighted by Gasteiger charge is 2.29. The second kappa shape index (κ2) is 9.61. The minimum atomic E-state index is -3.01. The molecule has 2 N–H and O–H groups in total. The summed E-state index contributed by atoms with van der Waals surface area (Å²) >= 11 is 0. The average molecular weight is 497 g/mol. The Balaban J connectivity index is 1.46. The lowest BCUT2D eigenvalue weighted by atomic mass is 9.90. The van der Waals surface area contributed by atoms with Crippen molar-refractivity contribution in [2.45, 2.75) is 26.9 Å². The van der Waals surface area contributed by atoms with Crippen LogP contribution in [0.1, 0.15) is 19.0 Å². The highest BCUT2D eigenvalue weighted by atomic mass is 19.3. The van der Waals surface area contributed by atoms with E-state index in [1.54, 1.807) is 29.9 Å². The topological polar surface area (TPSA) is 112 Å². The number of hydrogen-bond acceptors (Lipinski definition) is 9. The van der Waals surface area contributed by atoms with Gasteiger partial charge in [-0.25, -0.2) is 15.0 Å². The monoisotopic (exact) mass is 496 g/mol. The number of benzene rings is 1. The van der Waals surface area contributed by atoms with E-state index >= 15 is 0 Å². The van der Waals surface area contributed by atoms with Gasteiger partial charge in [0.15, 0.2) is 11.6 Å². The van der Waals surface area contributed by atoms with Crippen LogP contribution < -0.4 is 15.4 Å². The molecule has 0 amide bonds. The molecule has 0 aliphatic carbocycles. The fourth-order valence-electron chi connectivity index (χ4n) is 4.13. The number of anilines is 3. The first-order valence-electron chi connectivity index (χ1n) is 11.5. The number of pyridine rings is 1. The number of ether oxygens (including phenoxy) is 2. The maximum absolute atomic E-state index is 13.2. The summed E-state index contributed by atoms with van der Waals surface area (Å²) in [5.41, 5.74) is 2.32. The predicted octanol–water partition coefficient (Wildman–Crippen LogP) is 4.31. The smallest absolute Gasteiger partial charge is 0.387 e. The molecule has 1 unspecified atom stereocenters. The van der Waals surface area contributed by atoms with Gasteiger partial charge in [0, 0.05) is 48.5 Å². The van der Waals surface area contributed by atoms with Crippen LogP contribution in [0.5, 0.6) is 5.75 Å². The summed E-state index contributed by atoms with van der Waals surface area (Å²) in [5, 5.41) is 15.1. The number of aryl methyl sites for hydroxylation is 2. The van der Waals surface area contributed by atoms with E-state index in [1.807, 2.05) is 13.0 Å². The van der Waals surface area contributed by atoms with Crippen molar-refractivity contribution in [1.82, 2.24) is 29.7 Å². The van der Waals surface area contributed by atoms with E-state index in [0.29, 0.717) is 35.9 Å². The lowest BCUT2D eigenvalue weighted by Crippen LogP contribution is -2.27. The lowest BCUT2D eigenvalue weighted by Gasteiger charge is -2.22. The van der Waals surface area contributed by atoms with Gasteiger partial charge in [-0.3, -0.25) is 0 Å². The van der Waals surface area contributed by atoms with Gasteiger partial charge in [0.25, 0.3) is 0 Å². The molecule has 1 aromatic carbocycles. The number of halogens is 2. The summed E-state index contributed by atoms with van der Waals surface area (Å²) < 4.78 is 38.4. The quantitative estimate of drug-likeness (QED) is 0.368. The van der Waals surface area contributed by atoms with Crippen molar-refractivity contribution in [2.24, 2.45) is 12.5 Å². The van der Waals surface area contributed by atoms with Crippen molar-refractivity contribution in [1.29, 1.82) is 0 Å². The molecule has 0 saturated carbocycles. The van der Waals surface area contributed by atoms with Crippen LogP contribution in [-0.2, 0) is 11.8 Å². The van der Waals surface area contributed by atoms with Crippen molar-refractivity contribution < 1.29 is 18.3 Å². The third kappa shape index (κ3) is 5.03. The molecule has 4 heterocycles. The number of hydrogen-bond donors (Lipinski definition) is 2. The second-order valence-corrected chi connectivity index (χ2v) is 9.19. The van der Waals surface area contributed by atoms with Gasteiger partial charge < -0.3 is 24.7 Å². The van der Waals surface area contributed by atoms with Gasteiger partial charge in [0.1, 0.15) is 17.6 Å². The number of aromatic nitrogens is 6. The molecule has 1 saturated heterocycles. The molecule has 1 aliphatic rings. The minimum absolute atomic E-state index is 0.0117. The average Bonchev–Trinajstić information content (AvgIpc) is 3.47. The second-order valence-electron chi connectivity index (χ2n) is 9.19. The van der Waals surface area contributed by atoms with Crippen molar-refractivity contribution in [2.75, 3.05) is 30.4 Å². The van der Waals surface area contributed by atoms with E-state index in [2.05, 4.69) is 42.7 Å². The van der Waals surface area contributed by atoms with Crippen molar-refractivity contribution in [3.63, 3.8) is 0 Å². The zero-order valence-corrected chi connectivity index (χ0v) is 20.1. The maximum atomic E-state index is 13.2. The molecular formula is C24H26F2N8O2. The third-order valence-corrected chi connectivity index (χ3v) is 6.09. The lowest BCUT2D eigenvalue weighted by molar-refractivity contribution is -0.0493. The molecule has 0 spiro atoms. The van der Waals surface area contributed by atoms with E-state index in [4.69, 9.17) is 9.47 Å². The maximum Gasteiger partial charge on any atom is 0.387 e. The van der Waals surface area contributed by atoms with E-state index in [9.17, 15) is 8.78 Å². The van der Waals surface area contributed by atoms with Gasteiger partial charge in [0.05, 0.1) is 12.3 Å². The van der Waals surface area contributed by atoms with Crippen LogP contribution in [0.2, 0.25) is 0 Å². The number of rotatable bonds is 8. The summed E-state index contributed by atoms with van der Waals surface area (Å²) in [6.07, 6.45) is 4.16. The molecule has 1 atom stereocenters. The van der Waals surface area contributed by atoms with E-state index in [1.165, 1.54) is 12.4 Å². The summed E-state index contributed by atoms with van der Waals surface area (Å²) in [6.45, 7) is 3.17. The molecule has 0 radical (unpaired) electrons. The molecule has 12 heteroatoms. The molecule has 4 aromatic rings. The van der Waals surface area contributed by atoms with Crippen LogP contribution in [-0.4, -0.2) is 56.1 Å². The summed E-state index contributed by atoms with van der Waals surface area (Å²) in [5.74, 6) is 1.30. The largest absolute Gasteiger partial charge is 0.433 e. The van der Waals surface area contributed by atoms with Gasteiger partial charge >= 0.3 is 6.61 Å². The Morgan fingerprint density at radius 2 is 2.11 bits per heavy atom. The molecule has 0 bridgehead atoms. The van der Waals surface area contributed by atoms with Crippen LogP contribution >= 0.6 is 0 Å². The highest BCUT2D eigenvalue weighted by Crippen LogP contribution is 2.34. The Kier molecular flexibility index (Phi) is 6.35. The third-order valence-electron chi connectivity index (χ3n) is 6.09. The first-order valence-corrected chi connectivity index (χ1v) is 11.5. The minimum Gasteiger partial charge on any atom is -0.433 e. The summed E-state index contributed by atoms with van der Waals surface area (Å²) in [4.78, 5) is 13.7. The van der Waals surface area contributed by atoms with Crippen molar-refractivity contribution >= 4 is 28.4 Å². The number of fused-ring (bicyclic) bond motifs is 1.